The highest BCUT2D eigenvalue weighted by molar-refractivity contribution is 6.03. The number of para-hydroxylation sites is 1. The van der Waals surface area contributed by atoms with Crippen molar-refractivity contribution in [2.24, 2.45) is 5.92 Å². The van der Waals surface area contributed by atoms with Gasteiger partial charge in [-0.05, 0) is 56.2 Å². The number of hydrogen-bond donors (Lipinski definition) is 2. The van der Waals surface area contributed by atoms with Crippen molar-refractivity contribution >= 4 is 16.7 Å². The van der Waals surface area contributed by atoms with Crippen LogP contribution < -0.4 is 4.74 Å². The summed E-state index contributed by atoms with van der Waals surface area (Å²) >= 11 is 0. The largest absolute Gasteiger partial charge is 0.482 e. The van der Waals surface area contributed by atoms with E-state index in [1.807, 2.05) is 13.8 Å². The number of Topliss-reactive ketones (excluding diaryl/α,β-unsaturated/α-hetero) is 1. The fraction of sp³-hybridized carbons (Fsp3) is 0.481. The van der Waals surface area contributed by atoms with Crippen LogP contribution in [-0.4, -0.2) is 26.5 Å². The van der Waals surface area contributed by atoms with Crippen molar-refractivity contribution in [1.29, 1.82) is 0 Å². The summed E-state index contributed by atoms with van der Waals surface area (Å²) in [6.07, 6.45) is 2.31. The molecule has 0 amide bonds. The minimum absolute atomic E-state index is 0.119. The van der Waals surface area contributed by atoms with Gasteiger partial charge in [0.2, 0.25) is 0 Å². The molecular weight excluding hydrogens is 400 g/mol. The molecule has 3 aliphatic carbocycles. The number of fused-ring (bicyclic) bond motifs is 8. The molecule has 1 aliphatic heterocycles. The van der Waals surface area contributed by atoms with Gasteiger partial charge < -0.3 is 14.8 Å². The third-order valence-electron chi connectivity index (χ3n) is 9.40. The summed E-state index contributed by atoms with van der Waals surface area (Å²) in [4.78, 5) is 22.1. The maximum absolute atomic E-state index is 13.3. The second kappa shape index (κ2) is 5.45. The number of ketones is 1. The molecule has 3 heterocycles. The van der Waals surface area contributed by atoms with E-state index in [0.717, 1.165) is 30.5 Å². The monoisotopic (exact) mass is 428 g/mol. The van der Waals surface area contributed by atoms with E-state index in [1.54, 1.807) is 0 Å². The number of H-pyrrole nitrogens is 1. The Hall–Kier alpha value is -2.66. The Morgan fingerprint density at radius 3 is 2.75 bits per heavy atom. The van der Waals surface area contributed by atoms with Gasteiger partial charge in [-0.3, -0.25) is 9.78 Å². The fourth-order valence-corrected chi connectivity index (χ4v) is 7.46. The lowest BCUT2D eigenvalue weighted by Crippen LogP contribution is -2.55. The molecule has 0 radical (unpaired) electrons. The van der Waals surface area contributed by atoms with E-state index in [9.17, 15) is 9.90 Å². The predicted octanol–water partition coefficient (Wildman–Crippen LogP) is 4.69. The van der Waals surface area contributed by atoms with E-state index in [0.29, 0.717) is 29.3 Å². The molecule has 32 heavy (non-hydrogen) atoms. The molecule has 4 aliphatic rings. The number of nitrogens with zero attached hydrogens (tertiary/aromatic N) is 1. The lowest BCUT2D eigenvalue weighted by Gasteiger charge is -2.54. The second-order valence-corrected chi connectivity index (χ2v) is 11.2. The molecule has 0 fully saturated rings. The van der Waals surface area contributed by atoms with Crippen molar-refractivity contribution in [1.82, 2.24) is 9.97 Å². The number of aromatic amines is 1. The molecule has 1 aromatic carbocycles. The van der Waals surface area contributed by atoms with Crippen molar-refractivity contribution in [3.8, 4) is 5.75 Å². The molecule has 2 aromatic heterocycles. The number of benzene rings is 1. The molecule has 0 unspecified atom stereocenters. The van der Waals surface area contributed by atoms with Gasteiger partial charge in [0, 0.05) is 39.5 Å². The molecule has 4 atom stereocenters. The standard InChI is InChI=1S/C27H28N2O3/c1-25(2)24(31)21-22(32-25)19-18(30)9-10-26(3)20(19)17(28-21)12-13-11-15-14-7-5-6-8-16(14)29-23(15)27(13,26)4/h5-8,13,24,29,31H,9-12H2,1-4H3/t13-,24-,26+,27-/m1/s1. The highest BCUT2D eigenvalue weighted by atomic mass is 16.5. The maximum Gasteiger partial charge on any atom is 0.167 e. The fourth-order valence-electron chi connectivity index (χ4n) is 7.46. The number of carbonyl (C=O) groups excluding carboxylic acids is 1. The average Bonchev–Trinajstić information content (AvgIpc) is 3.34. The molecular formula is C27H28N2O3. The normalized spacial score (nSPS) is 33.5. The van der Waals surface area contributed by atoms with Gasteiger partial charge in [0.05, 0.1) is 5.56 Å². The van der Waals surface area contributed by atoms with Gasteiger partial charge >= 0.3 is 0 Å². The topological polar surface area (TPSA) is 75.2 Å². The van der Waals surface area contributed by atoms with Crippen LogP contribution in [0.1, 0.15) is 85.2 Å². The number of aliphatic hydroxyl groups excluding tert-OH is 1. The van der Waals surface area contributed by atoms with Crippen LogP contribution in [0.3, 0.4) is 0 Å². The van der Waals surface area contributed by atoms with Gasteiger partial charge in [0.25, 0.3) is 0 Å². The zero-order valence-electron chi connectivity index (χ0n) is 19.0. The van der Waals surface area contributed by atoms with Crippen LogP contribution in [0.4, 0.5) is 0 Å². The summed E-state index contributed by atoms with van der Waals surface area (Å²) in [7, 11) is 0. The third-order valence-corrected chi connectivity index (χ3v) is 9.40. The number of nitrogens with one attached hydrogen (secondary N) is 1. The Labute approximate surface area is 187 Å². The van der Waals surface area contributed by atoms with Crippen molar-refractivity contribution in [3.63, 3.8) is 0 Å². The first-order valence-electron chi connectivity index (χ1n) is 11.7. The molecule has 2 N–H and O–H groups in total. The summed E-state index contributed by atoms with van der Waals surface area (Å²) in [5, 5.41) is 12.2. The number of aliphatic hydroxyl groups is 1. The van der Waals surface area contributed by atoms with Crippen LogP contribution in [0, 0.1) is 5.92 Å². The smallest absolute Gasteiger partial charge is 0.167 e. The molecule has 0 spiro atoms. The SMILES string of the molecule is CC1(C)Oc2c(nc3c4c2C(=O)CC[C@]4(C)[C@@]2(C)c4[nH]c5ccccc5c4C[C@@H]2C3)[C@H]1O. The van der Waals surface area contributed by atoms with Crippen LogP contribution in [0.5, 0.6) is 5.75 Å². The molecule has 5 heteroatoms. The van der Waals surface area contributed by atoms with E-state index in [-0.39, 0.29) is 16.6 Å². The average molecular weight is 429 g/mol. The first kappa shape index (κ1) is 18.9. The molecule has 5 nitrogen and oxygen atoms in total. The first-order chi connectivity index (χ1) is 15.2. The van der Waals surface area contributed by atoms with E-state index >= 15 is 0 Å². The molecule has 164 valence electrons. The van der Waals surface area contributed by atoms with Crippen LogP contribution in [-0.2, 0) is 23.7 Å². The van der Waals surface area contributed by atoms with Gasteiger partial charge in [0.15, 0.2) is 11.5 Å². The Balaban J connectivity index is 1.53. The maximum atomic E-state index is 13.3. The Kier molecular flexibility index (Phi) is 3.21. The summed E-state index contributed by atoms with van der Waals surface area (Å²) in [6.45, 7) is 8.46. The van der Waals surface area contributed by atoms with Gasteiger partial charge in [0.1, 0.15) is 17.4 Å². The third kappa shape index (κ3) is 1.88. The van der Waals surface area contributed by atoms with Crippen molar-refractivity contribution in [3.05, 3.63) is 58.0 Å². The zero-order chi connectivity index (χ0) is 22.2. The van der Waals surface area contributed by atoms with Crippen molar-refractivity contribution in [2.75, 3.05) is 0 Å². The Morgan fingerprint density at radius 2 is 1.94 bits per heavy atom. The van der Waals surface area contributed by atoms with Crippen LogP contribution in [0.25, 0.3) is 10.9 Å². The lowest BCUT2D eigenvalue weighted by atomic mass is 9.48. The Morgan fingerprint density at radius 1 is 1.16 bits per heavy atom. The minimum atomic E-state index is -0.825. The summed E-state index contributed by atoms with van der Waals surface area (Å²) < 4.78 is 6.21. The number of pyridine rings is 1. The van der Waals surface area contributed by atoms with Crippen LogP contribution >= 0.6 is 0 Å². The van der Waals surface area contributed by atoms with Gasteiger partial charge in [-0.2, -0.15) is 0 Å². The minimum Gasteiger partial charge on any atom is -0.482 e. The first-order valence-corrected chi connectivity index (χ1v) is 11.7. The molecule has 0 saturated heterocycles. The number of ether oxygens (including phenoxy) is 1. The summed E-state index contributed by atoms with van der Waals surface area (Å²) in [5.74, 6) is 1.05. The number of rotatable bonds is 0. The predicted molar refractivity (Wildman–Crippen MR) is 121 cm³/mol. The van der Waals surface area contributed by atoms with Gasteiger partial charge in [-0.25, -0.2) is 0 Å². The summed E-state index contributed by atoms with van der Waals surface area (Å²) in [6, 6.07) is 8.57. The Bertz CT molecular complexity index is 1370. The van der Waals surface area contributed by atoms with E-state index in [1.165, 1.54) is 22.2 Å². The van der Waals surface area contributed by atoms with E-state index in [4.69, 9.17) is 9.72 Å². The highest BCUT2D eigenvalue weighted by Gasteiger charge is 2.63. The lowest BCUT2D eigenvalue weighted by molar-refractivity contribution is -0.000965. The quantitative estimate of drug-likeness (QED) is 0.545. The zero-order valence-corrected chi connectivity index (χ0v) is 19.0. The van der Waals surface area contributed by atoms with E-state index < -0.39 is 11.7 Å². The van der Waals surface area contributed by atoms with E-state index in [2.05, 4.69) is 43.1 Å². The van der Waals surface area contributed by atoms with Gasteiger partial charge in [-0.15, -0.1) is 0 Å². The number of hydrogen-bond acceptors (Lipinski definition) is 4. The van der Waals surface area contributed by atoms with Crippen molar-refractivity contribution in [2.45, 2.75) is 75.9 Å². The highest BCUT2D eigenvalue weighted by Crippen LogP contribution is 2.64. The molecule has 0 bridgehead atoms. The van der Waals surface area contributed by atoms with Crippen LogP contribution in [0.2, 0.25) is 0 Å². The number of aromatic nitrogens is 2. The molecule has 3 aromatic rings. The number of carbonyl (C=O) groups is 1. The van der Waals surface area contributed by atoms with Crippen LogP contribution in [0.15, 0.2) is 24.3 Å². The van der Waals surface area contributed by atoms with Gasteiger partial charge in [-0.1, -0.05) is 32.0 Å². The van der Waals surface area contributed by atoms with Crippen molar-refractivity contribution < 1.29 is 14.6 Å². The second-order valence-electron chi connectivity index (χ2n) is 11.2. The molecule has 7 rings (SSSR count). The molecule has 0 saturated carbocycles. The summed E-state index contributed by atoms with van der Waals surface area (Å²) in [5.41, 5.74) is 6.11.